The molecule has 0 spiro atoms. The van der Waals surface area contributed by atoms with Gasteiger partial charge in [0.1, 0.15) is 5.75 Å². The van der Waals surface area contributed by atoms with Gasteiger partial charge in [-0.3, -0.25) is 0 Å². The van der Waals surface area contributed by atoms with Crippen LogP contribution in [0, 0.1) is 0 Å². The third-order valence-electron chi connectivity index (χ3n) is 4.00. The van der Waals surface area contributed by atoms with Gasteiger partial charge in [-0.15, -0.1) is 0 Å². The average Bonchev–Trinajstić information content (AvgIpc) is 2.62. The van der Waals surface area contributed by atoms with Gasteiger partial charge < -0.3 is 30.3 Å². The maximum Gasteiger partial charge on any atom is 0.336 e. The highest BCUT2D eigenvalue weighted by Gasteiger charge is 2.24. The quantitative estimate of drug-likeness (QED) is 0.696. The van der Waals surface area contributed by atoms with Crippen molar-refractivity contribution < 1.29 is 29.3 Å². The lowest BCUT2D eigenvalue weighted by Crippen LogP contribution is -2.36. The van der Waals surface area contributed by atoms with Crippen molar-refractivity contribution in [1.29, 1.82) is 0 Å². The van der Waals surface area contributed by atoms with Crippen LogP contribution in [0.15, 0.2) is 36.4 Å². The molecule has 2 aromatic carbocycles. The monoisotopic (exact) mass is 358 g/mol. The predicted molar refractivity (Wildman–Crippen MR) is 94.3 cm³/mol. The number of anilines is 2. The standard InChI is InChI=1S/C18H18N2O6/c19-11-2-1-3-12(8-11)26-16-10-14(18(23)24)13(17(21)22)9-15(16)20-4-6-25-7-5-20/h1-3,8-10H,4-7,19H2,(H,21,22)(H,23,24). The van der Waals surface area contributed by atoms with Gasteiger partial charge in [0.05, 0.1) is 30.0 Å². The number of nitrogen functional groups attached to an aromatic ring is 1. The van der Waals surface area contributed by atoms with Crippen molar-refractivity contribution in [2.24, 2.45) is 0 Å². The first-order valence-electron chi connectivity index (χ1n) is 7.96. The first-order chi connectivity index (χ1) is 12.5. The number of nitrogens with two attached hydrogens (primary N) is 1. The molecular formula is C18H18N2O6. The van der Waals surface area contributed by atoms with Crippen molar-refractivity contribution in [2.75, 3.05) is 36.9 Å². The molecule has 0 atom stereocenters. The average molecular weight is 358 g/mol. The Bertz CT molecular complexity index is 846. The Labute approximate surface area is 149 Å². The zero-order valence-electron chi connectivity index (χ0n) is 13.8. The number of morpholine rings is 1. The second kappa shape index (κ2) is 7.32. The van der Waals surface area contributed by atoms with Gasteiger partial charge >= 0.3 is 11.9 Å². The van der Waals surface area contributed by atoms with Crippen LogP contribution in [0.1, 0.15) is 20.7 Å². The van der Waals surface area contributed by atoms with E-state index in [1.54, 1.807) is 24.3 Å². The predicted octanol–water partition coefficient (Wildman–Crippen LogP) is 2.29. The van der Waals surface area contributed by atoms with Crippen LogP contribution in [0.4, 0.5) is 11.4 Å². The van der Waals surface area contributed by atoms with Crippen LogP contribution < -0.4 is 15.4 Å². The van der Waals surface area contributed by atoms with E-state index in [2.05, 4.69) is 0 Å². The molecular weight excluding hydrogens is 340 g/mol. The second-order valence-electron chi connectivity index (χ2n) is 5.75. The number of carboxylic acids is 2. The van der Waals surface area contributed by atoms with Gasteiger partial charge in [0, 0.05) is 24.8 Å². The molecule has 0 saturated carbocycles. The van der Waals surface area contributed by atoms with Crippen molar-refractivity contribution >= 4 is 23.3 Å². The van der Waals surface area contributed by atoms with Crippen LogP contribution in [-0.2, 0) is 4.74 Å². The Morgan fingerprint density at radius 1 is 1.04 bits per heavy atom. The van der Waals surface area contributed by atoms with E-state index in [1.165, 1.54) is 12.1 Å². The normalized spacial score (nSPS) is 14.1. The van der Waals surface area contributed by atoms with Crippen molar-refractivity contribution in [3.63, 3.8) is 0 Å². The SMILES string of the molecule is Nc1cccc(Oc2cc(C(=O)O)c(C(=O)O)cc2N2CCOCC2)c1. The third-order valence-corrected chi connectivity index (χ3v) is 4.00. The molecule has 0 radical (unpaired) electrons. The van der Waals surface area contributed by atoms with Gasteiger partial charge in [-0.05, 0) is 24.3 Å². The zero-order chi connectivity index (χ0) is 18.7. The molecule has 1 aliphatic heterocycles. The first-order valence-corrected chi connectivity index (χ1v) is 7.96. The molecule has 1 fully saturated rings. The fourth-order valence-corrected chi connectivity index (χ4v) is 2.76. The van der Waals surface area contributed by atoms with Gasteiger partial charge in [0.2, 0.25) is 0 Å². The molecule has 0 aromatic heterocycles. The Hall–Kier alpha value is -3.26. The number of hydrogen-bond donors (Lipinski definition) is 3. The van der Waals surface area contributed by atoms with E-state index in [0.29, 0.717) is 43.4 Å². The number of carbonyl (C=O) groups is 2. The molecule has 8 heteroatoms. The molecule has 2 aromatic rings. The fraction of sp³-hybridized carbons (Fsp3) is 0.222. The lowest BCUT2D eigenvalue weighted by atomic mass is 10.0. The van der Waals surface area contributed by atoms with E-state index in [4.69, 9.17) is 15.2 Å². The van der Waals surface area contributed by atoms with E-state index >= 15 is 0 Å². The molecule has 3 rings (SSSR count). The fourth-order valence-electron chi connectivity index (χ4n) is 2.76. The number of nitrogens with zero attached hydrogens (tertiary/aromatic N) is 1. The number of hydrogen-bond acceptors (Lipinski definition) is 6. The Balaban J connectivity index is 2.10. The third kappa shape index (κ3) is 3.70. The van der Waals surface area contributed by atoms with Gasteiger partial charge in [-0.2, -0.15) is 0 Å². The zero-order valence-corrected chi connectivity index (χ0v) is 13.8. The number of ether oxygens (including phenoxy) is 2. The number of rotatable bonds is 5. The van der Waals surface area contributed by atoms with Crippen molar-refractivity contribution in [2.45, 2.75) is 0 Å². The largest absolute Gasteiger partial charge is 0.478 e. The molecule has 4 N–H and O–H groups in total. The van der Waals surface area contributed by atoms with Gasteiger partial charge in [0.15, 0.2) is 5.75 Å². The first kappa shape index (κ1) is 17.6. The van der Waals surface area contributed by atoms with Crippen molar-refractivity contribution in [3.8, 4) is 11.5 Å². The lowest BCUT2D eigenvalue weighted by molar-refractivity contribution is 0.0651. The minimum atomic E-state index is -1.34. The maximum absolute atomic E-state index is 11.5. The van der Waals surface area contributed by atoms with Crippen LogP contribution in [0.25, 0.3) is 0 Å². The van der Waals surface area contributed by atoms with E-state index in [0.717, 1.165) is 0 Å². The molecule has 1 heterocycles. The van der Waals surface area contributed by atoms with Crippen LogP contribution in [0.5, 0.6) is 11.5 Å². The summed E-state index contributed by atoms with van der Waals surface area (Å²) in [6, 6.07) is 9.27. The summed E-state index contributed by atoms with van der Waals surface area (Å²) in [6.07, 6.45) is 0. The molecule has 0 amide bonds. The lowest BCUT2D eigenvalue weighted by Gasteiger charge is -2.30. The smallest absolute Gasteiger partial charge is 0.336 e. The van der Waals surface area contributed by atoms with E-state index in [-0.39, 0.29) is 16.9 Å². The van der Waals surface area contributed by atoms with E-state index in [1.807, 2.05) is 4.90 Å². The molecule has 0 bridgehead atoms. The van der Waals surface area contributed by atoms with Crippen LogP contribution >= 0.6 is 0 Å². The summed E-state index contributed by atoms with van der Waals surface area (Å²) in [5.41, 5.74) is 6.12. The van der Waals surface area contributed by atoms with Gasteiger partial charge in [-0.25, -0.2) is 9.59 Å². The molecule has 0 unspecified atom stereocenters. The maximum atomic E-state index is 11.5. The minimum Gasteiger partial charge on any atom is -0.478 e. The summed E-state index contributed by atoms with van der Waals surface area (Å²) in [5, 5.41) is 18.8. The molecule has 136 valence electrons. The van der Waals surface area contributed by atoms with Crippen LogP contribution in [0.3, 0.4) is 0 Å². The molecule has 1 aliphatic rings. The molecule has 8 nitrogen and oxygen atoms in total. The Morgan fingerprint density at radius 2 is 1.69 bits per heavy atom. The Morgan fingerprint density at radius 3 is 2.31 bits per heavy atom. The minimum absolute atomic E-state index is 0.250. The highest BCUT2D eigenvalue weighted by atomic mass is 16.5. The van der Waals surface area contributed by atoms with Crippen LogP contribution in [-0.4, -0.2) is 48.5 Å². The number of aromatic carboxylic acids is 2. The highest BCUT2D eigenvalue weighted by molar-refractivity contribution is 6.03. The van der Waals surface area contributed by atoms with E-state index in [9.17, 15) is 19.8 Å². The summed E-state index contributed by atoms with van der Waals surface area (Å²) < 4.78 is 11.2. The molecule has 0 aliphatic carbocycles. The van der Waals surface area contributed by atoms with Crippen LogP contribution in [0.2, 0.25) is 0 Å². The van der Waals surface area contributed by atoms with Crippen molar-refractivity contribution in [1.82, 2.24) is 0 Å². The number of carboxylic acid groups (broad SMARTS) is 2. The van der Waals surface area contributed by atoms with Gasteiger partial charge in [0.25, 0.3) is 0 Å². The Kier molecular flexibility index (Phi) is 4.94. The highest BCUT2D eigenvalue weighted by Crippen LogP contribution is 2.36. The molecule has 26 heavy (non-hydrogen) atoms. The summed E-state index contributed by atoms with van der Waals surface area (Å²) in [5.74, 6) is -1.97. The summed E-state index contributed by atoms with van der Waals surface area (Å²) >= 11 is 0. The second-order valence-corrected chi connectivity index (χ2v) is 5.75. The summed E-state index contributed by atoms with van der Waals surface area (Å²) in [7, 11) is 0. The summed E-state index contributed by atoms with van der Waals surface area (Å²) in [4.78, 5) is 24.9. The topological polar surface area (TPSA) is 122 Å². The number of benzene rings is 2. The summed E-state index contributed by atoms with van der Waals surface area (Å²) in [6.45, 7) is 2.05. The van der Waals surface area contributed by atoms with Gasteiger partial charge in [-0.1, -0.05) is 6.07 Å². The van der Waals surface area contributed by atoms with Crippen molar-refractivity contribution in [3.05, 3.63) is 47.5 Å². The van der Waals surface area contributed by atoms with E-state index < -0.39 is 11.9 Å². The molecule has 1 saturated heterocycles.